The summed E-state index contributed by atoms with van der Waals surface area (Å²) >= 11 is 0. The Morgan fingerprint density at radius 1 is 1.23 bits per heavy atom. The number of aromatic nitrogens is 4. The Kier molecular flexibility index (Phi) is 6.95. The lowest BCUT2D eigenvalue weighted by atomic mass is 9.92. The molecule has 0 aromatic carbocycles. The van der Waals surface area contributed by atoms with Gasteiger partial charge in [-0.25, -0.2) is 0 Å². The Hall–Kier alpha value is -2.64. The van der Waals surface area contributed by atoms with Gasteiger partial charge < -0.3 is 10.2 Å². The second-order valence-electron chi connectivity index (χ2n) is 8.70. The number of likely N-dealkylation sites (tertiary alicyclic amines) is 1. The molecule has 8 heteroatoms. The van der Waals surface area contributed by atoms with Gasteiger partial charge in [-0.3, -0.25) is 19.4 Å². The molecule has 0 aliphatic carbocycles. The number of piperidine rings is 1. The van der Waals surface area contributed by atoms with Gasteiger partial charge in [0.2, 0.25) is 11.8 Å². The smallest absolute Gasteiger partial charge is 0.227 e. The molecule has 2 aromatic rings. The van der Waals surface area contributed by atoms with E-state index in [0.29, 0.717) is 38.4 Å². The Labute approximate surface area is 178 Å². The molecule has 1 aliphatic heterocycles. The molecule has 3 rings (SSSR count). The molecular formula is C22H34N6O2. The molecule has 1 atom stereocenters. The quantitative estimate of drug-likeness (QED) is 0.726. The van der Waals surface area contributed by atoms with Crippen molar-refractivity contribution >= 4 is 11.8 Å². The molecule has 0 bridgehead atoms. The first-order valence-corrected chi connectivity index (χ1v) is 10.8. The second-order valence-corrected chi connectivity index (χ2v) is 8.70. The van der Waals surface area contributed by atoms with Crippen LogP contribution in [0.25, 0.3) is 0 Å². The molecule has 3 heterocycles. The highest BCUT2D eigenvalue weighted by molar-refractivity contribution is 5.79. The molecule has 1 fully saturated rings. The Bertz CT molecular complexity index is 872. The van der Waals surface area contributed by atoms with Gasteiger partial charge in [-0.05, 0) is 59.4 Å². The summed E-state index contributed by atoms with van der Waals surface area (Å²) in [6, 6.07) is 2.07. The highest BCUT2D eigenvalue weighted by atomic mass is 16.2. The predicted octanol–water partition coefficient (Wildman–Crippen LogP) is 2.22. The van der Waals surface area contributed by atoms with E-state index in [1.54, 1.807) is 0 Å². The molecule has 164 valence electrons. The van der Waals surface area contributed by atoms with Gasteiger partial charge in [0.25, 0.3) is 0 Å². The van der Waals surface area contributed by atoms with Crippen molar-refractivity contribution in [2.24, 2.45) is 5.92 Å². The Morgan fingerprint density at radius 2 is 1.93 bits per heavy atom. The van der Waals surface area contributed by atoms with E-state index < -0.39 is 0 Å². The first-order valence-electron chi connectivity index (χ1n) is 10.8. The highest BCUT2D eigenvalue weighted by Gasteiger charge is 2.25. The third-order valence-electron chi connectivity index (χ3n) is 6.01. The molecule has 1 saturated heterocycles. The van der Waals surface area contributed by atoms with E-state index in [-0.39, 0.29) is 17.9 Å². The van der Waals surface area contributed by atoms with Crippen molar-refractivity contribution in [1.82, 2.24) is 30.2 Å². The van der Waals surface area contributed by atoms with E-state index in [4.69, 9.17) is 0 Å². The van der Waals surface area contributed by atoms with Gasteiger partial charge in [-0.1, -0.05) is 0 Å². The fraction of sp³-hybridized carbons (Fsp3) is 0.636. The van der Waals surface area contributed by atoms with E-state index in [2.05, 4.69) is 20.6 Å². The first kappa shape index (κ1) is 22.1. The number of H-pyrrole nitrogens is 1. The number of carbonyl (C=O) groups is 2. The summed E-state index contributed by atoms with van der Waals surface area (Å²) in [4.78, 5) is 27.0. The zero-order valence-corrected chi connectivity index (χ0v) is 18.8. The number of rotatable bonds is 7. The average molecular weight is 415 g/mol. The van der Waals surface area contributed by atoms with Crippen molar-refractivity contribution in [3.8, 4) is 0 Å². The average Bonchev–Trinajstić information content (AvgIpc) is 3.16. The maximum absolute atomic E-state index is 12.6. The van der Waals surface area contributed by atoms with Crippen LogP contribution in [0.1, 0.15) is 54.5 Å². The molecule has 1 unspecified atom stereocenters. The molecule has 30 heavy (non-hydrogen) atoms. The summed E-state index contributed by atoms with van der Waals surface area (Å²) in [5.41, 5.74) is 4.94. The van der Waals surface area contributed by atoms with Crippen LogP contribution in [0.2, 0.25) is 0 Å². The fourth-order valence-electron chi connectivity index (χ4n) is 4.24. The van der Waals surface area contributed by atoms with Crippen molar-refractivity contribution in [3.63, 3.8) is 0 Å². The van der Waals surface area contributed by atoms with Gasteiger partial charge in [-0.2, -0.15) is 10.2 Å². The number of hydrogen-bond acceptors (Lipinski definition) is 4. The van der Waals surface area contributed by atoms with Crippen molar-refractivity contribution in [2.75, 3.05) is 13.1 Å². The minimum atomic E-state index is 0.0265. The lowest BCUT2D eigenvalue weighted by Gasteiger charge is -2.32. The molecule has 8 nitrogen and oxygen atoms in total. The molecule has 0 saturated carbocycles. The first-order chi connectivity index (χ1) is 14.2. The summed E-state index contributed by atoms with van der Waals surface area (Å²) < 4.78 is 1.94. The predicted molar refractivity (Wildman–Crippen MR) is 115 cm³/mol. The minimum Gasteiger partial charge on any atom is -0.352 e. The van der Waals surface area contributed by atoms with E-state index in [9.17, 15) is 9.59 Å². The summed E-state index contributed by atoms with van der Waals surface area (Å²) in [6.45, 7) is 12.0. The van der Waals surface area contributed by atoms with Crippen LogP contribution < -0.4 is 5.32 Å². The zero-order valence-electron chi connectivity index (χ0n) is 18.8. The minimum absolute atomic E-state index is 0.0265. The number of nitrogens with zero attached hydrogens (tertiary/aromatic N) is 4. The molecule has 2 aromatic heterocycles. The van der Waals surface area contributed by atoms with Crippen LogP contribution in [0.15, 0.2) is 6.07 Å². The van der Waals surface area contributed by atoms with Crippen LogP contribution in [0, 0.1) is 33.6 Å². The number of aromatic amines is 1. The lowest BCUT2D eigenvalue weighted by molar-refractivity contribution is -0.132. The third-order valence-corrected chi connectivity index (χ3v) is 6.01. The van der Waals surface area contributed by atoms with Crippen molar-refractivity contribution in [1.29, 1.82) is 0 Å². The van der Waals surface area contributed by atoms with E-state index in [0.717, 1.165) is 41.2 Å². The molecule has 2 N–H and O–H groups in total. The molecule has 2 amide bonds. The van der Waals surface area contributed by atoms with Gasteiger partial charge in [0.05, 0.1) is 24.4 Å². The van der Waals surface area contributed by atoms with Gasteiger partial charge >= 0.3 is 0 Å². The normalized spacial score (nSPS) is 16.0. The van der Waals surface area contributed by atoms with Crippen molar-refractivity contribution in [2.45, 2.75) is 72.9 Å². The van der Waals surface area contributed by atoms with Crippen molar-refractivity contribution in [3.05, 3.63) is 34.4 Å². The van der Waals surface area contributed by atoms with Gasteiger partial charge in [0.1, 0.15) is 0 Å². The number of carbonyl (C=O) groups excluding carboxylic acids is 2. The van der Waals surface area contributed by atoms with Crippen LogP contribution in [0.5, 0.6) is 0 Å². The topological polar surface area (TPSA) is 95.9 Å². The largest absolute Gasteiger partial charge is 0.352 e. The highest BCUT2D eigenvalue weighted by Crippen LogP contribution is 2.22. The van der Waals surface area contributed by atoms with Gasteiger partial charge in [0, 0.05) is 42.5 Å². The monoisotopic (exact) mass is 414 g/mol. The van der Waals surface area contributed by atoms with Crippen LogP contribution in [0.4, 0.5) is 0 Å². The van der Waals surface area contributed by atoms with E-state index in [1.807, 2.05) is 50.3 Å². The SMILES string of the molecule is Cc1cc(C)n(CC(C)NC(=O)CC2CCN(C(=O)Cc3c(C)n[nH]c3C)CC2)n1. The van der Waals surface area contributed by atoms with Crippen LogP contribution in [-0.2, 0) is 22.6 Å². The maximum atomic E-state index is 12.6. The number of nitrogens with one attached hydrogen (secondary N) is 2. The third kappa shape index (κ3) is 5.49. The van der Waals surface area contributed by atoms with E-state index in [1.165, 1.54) is 0 Å². The lowest BCUT2D eigenvalue weighted by Crippen LogP contribution is -2.41. The standard InChI is InChI=1S/C22H34N6O2/c1-14-10-16(3)28(26-14)13-15(2)23-21(29)11-19-6-8-27(9-7-19)22(30)12-20-17(4)24-25-18(20)5/h10,15,19H,6-9,11-13H2,1-5H3,(H,23,29)(H,24,25). The fourth-order valence-corrected chi connectivity index (χ4v) is 4.24. The Balaban J connectivity index is 1.41. The summed E-state index contributed by atoms with van der Waals surface area (Å²) in [6.07, 6.45) is 2.65. The molecular weight excluding hydrogens is 380 g/mol. The van der Waals surface area contributed by atoms with Gasteiger partial charge in [-0.15, -0.1) is 0 Å². The summed E-state index contributed by atoms with van der Waals surface area (Å²) in [5.74, 6) is 0.551. The zero-order chi connectivity index (χ0) is 21.8. The van der Waals surface area contributed by atoms with Gasteiger partial charge in [0.15, 0.2) is 0 Å². The number of aryl methyl sites for hydroxylation is 4. The second kappa shape index (κ2) is 9.45. The summed E-state index contributed by atoms with van der Waals surface area (Å²) in [5, 5.41) is 14.7. The molecule has 0 radical (unpaired) electrons. The number of hydrogen-bond donors (Lipinski definition) is 2. The van der Waals surface area contributed by atoms with Crippen molar-refractivity contribution < 1.29 is 9.59 Å². The van der Waals surface area contributed by atoms with Crippen LogP contribution in [0.3, 0.4) is 0 Å². The summed E-state index contributed by atoms with van der Waals surface area (Å²) in [7, 11) is 0. The molecule has 1 aliphatic rings. The van der Waals surface area contributed by atoms with E-state index >= 15 is 0 Å². The Morgan fingerprint density at radius 3 is 2.50 bits per heavy atom. The molecule has 0 spiro atoms. The van der Waals surface area contributed by atoms with Crippen LogP contribution in [-0.4, -0.2) is 55.8 Å². The van der Waals surface area contributed by atoms with Crippen LogP contribution >= 0.6 is 0 Å². The maximum Gasteiger partial charge on any atom is 0.227 e. The number of amides is 2.